The molecule has 1 N–H and O–H groups in total. The summed E-state index contributed by atoms with van der Waals surface area (Å²) in [6, 6.07) is 22.4. The Morgan fingerprint density at radius 2 is 1.68 bits per heavy atom. The fraction of sp³-hybridized carbons (Fsp3) is 0.0455. The standard InChI is InChI=1S/C22H18N2O4/c1-27-20-13-6-5-12-19(20)21(25)24-23-15-16-8-7-11-18(14-16)28-22(26)17-9-3-2-4-10-17/h2-15H,1H3,(H,24,25). The summed E-state index contributed by atoms with van der Waals surface area (Å²) in [4.78, 5) is 24.3. The van der Waals surface area contributed by atoms with Gasteiger partial charge in [0.15, 0.2) is 0 Å². The average molecular weight is 374 g/mol. The monoisotopic (exact) mass is 374 g/mol. The summed E-state index contributed by atoms with van der Waals surface area (Å²) in [5.74, 6) is 0.0124. The number of nitrogens with zero attached hydrogens (tertiary/aromatic N) is 1. The molecular weight excluding hydrogens is 356 g/mol. The van der Waals surface area contributed by atoms with Gasteiger partial charge in [0, 0.05) is 0 Å². The minimum atomic E-state index is -0.445. The smallest absolute Gasteiger partial charge is 0.343 e. The van der Waals surface area contributed by atoms with E-state index in [0.717, 1.165) is 0 Å². The van der Waals surface area contributed by atoms with Crippen molar-refractivity contribution >= 4 is 18.1 Å². The highest BCUT2D eigenvalue weighted by molar-refractivity contribution is 5.97. The first-order valence-corrected chi connectivity index (χ1v) is 8.51. The van der Waals surface area contributed by atoms with Gasteiger partial charge in [-0.2, -0.15) is 5.10 Å². The Morgan fingerprint density at radius 3 is 2.46 bits per heavy atom. The second-order valence-corrected chi connectivity index (χ2v) is 5.73. The Hall–Kier alpha value is -3.93. The molecule has 0 unspecified atom stereocenters. The van der Waals surface area contributed by atoms with E-state index in [1.54, 1.807) is 72.8 Å². The van der Waals surface area contributed by atoms with Crippen LogP contribution in [0.3, 0.4) is 0 Å². The van der Waals surface area contributed by atoms with E-state index in [2.05, 4.69) is 10.5 Å². The van der Waals surface area contributed by atoms with E-state index in [4.69, 9.17) is 9.47 Å². The first kappa shape index (κ1) is 18.8. The normalized spacial score (nSPS) is 10.5. The molecule has 0 spiro atoms. The van der Waals surface area contributed by atoms with Crippen LogP contribution in [-0.2, 0) is 0 Å². The second kappa shape index (κ2) is 9.14. The van der Waals surface area contributed by atoms with Gasteiger partial charge in [-0.1, -0.05) is 42.5 Å². The zero-order valence-corrected chi connectivity index (χ0v) is 15.2. The zero-order valence-electron chi connectivity index (χ0n) is 15.2. The lowest BCUT2D eigenvalue weighted by atomic mass is 10.2. The number of hydrazone groups is 1. The molecule has 6 nitrogen and oxygen atoms in total. The van der Waals surface area contributed by atoms with E-state index in [1.807, 2.05) is 6.07 Å². The number of carbonyl (C=O) groups is 2. The number of nitrogens with one attached hydrogen (secondary N) is 1. The Morgan fingerprint density at radius 1 is 0.929 bits per heavy atom. The third-order valence-corrected chi connectivity index (χ3v) is 3.81. The Balaban J connectivity index is 1.64. The topological polar surface area (TPSA) is 77.0 Å². The predicted molar refractivity (Wildman–Crippen MR) is 106 cm³/mol. The molecule has 0 heterocycles. The molecule has 0 aliphatic carbocycles. The molecule has 3 rings (SSSR count). The zero-order chi connectivity index (χ0) is 19.8. The van der Waals surface area contributed by atoms with Gasteiger partial charge in [-0.3, -0.25) is 4.79 Å². The number of rotatable bonds is 6. The summed E-state index contributed by atoms with van der Waals surface area (Å²) >= 11 is 0. The van der Waals surface area contributed by atoms with Crippen molar-refractivity contribution in [2.75, 3.05) is 7.11 Å². The lowest BCUT2D eigenvalue weighted by molar-refractivity contribution is 0.0734. The van der Waals surface area contributed by atoms with Gasteiger partial charge in [-0.05, 0) is 42.0 Å². The molecule has 28 heavy (non-hydrogen) atoms. The number of esters is 1. The van der Waals surface area contributed by atoms with Gasteiger partial charge in [0.25, 0.3) is 5.91 Å². The Labute approximate surface area is 162 Å². The summed E-state index contributed by atoms with van der Waals surface area (Å²) in [7, 11) is 1.50. The number of hydrogen-bond donors (Lipinski definition) is 1. The van der Waals surface area contributed by atoms with Crippen molar-refractivity contribution < 1.29 is 19.1 Å². The molecule has 0 bridgehead atoms. The molecule has 0 saturated carbocycles. The van der Waals surface area contributed by atoms with Crippen LogP contribution in [0.25, 0.3) is 0 Å². The highest BCUT2D eigenvalue weighted by Crippen LogP contribution is 2.17. The molecule has 6 heteroatoms. The molecule has 0 radical (unpaired) electrons. The first-order chi connectivity index (χ1) is 13.7. The maximum Gasteiger partial charge on any atom is 0.343 e. The van der Waals surface area contributed by atoms with Crippen LogP contribution in [-0.4, -0.2) is 25.2 Å². The third-order valence-electron chi connectivity index (χ3n) is 3.81. The maximum absolute atomic E-state index is 12.2. The molecule has 140 valence electrons. The van der Waals surface area contributed by atoms with Gasteiger partial charge < -0.3 is 9.47 Å². The van der Waals surface area contributed by atoms with E-state index >= 15 is 0 Å². The third kappa shape index (κ3) is 4.82. The summed E-state index contributed by atoms with van der Waals surface area (Å²) < 4.78 is 10.5. The molecular formula is C22H18N2O4. The summed E-state index contributed by atoms with van der Waals surface area (Å²) in [6.07, 6.45) is 1.47. The van der Waals surface area contributed by atoms with Crippen molar-refractivity contribution in [2.24, 2.45) is 5.10 Å². The van der Waals surface area contributed by atoms with Crippen LogP contribution in [0.5, 0.6) is 11.5 Å². The van der Waals surface area contributed by atoms with Crippen LogP contribution in [0.2, 0.25) is 0 Å². The SMILES string of the molecule is COc1ccccc1C(=O)NN=Cc1cccc(OC(=O)c2ccccc2)c1. The molecule has 0 fully saturated rings. The highest BCUT2D eigenvalue weighted by Gasteiger charge is 2.10. The molecule has 0 saturated heterocycles. The number of amides is 1. The van der Waals surface area contributed by atoms with Crippen LogP contribution in [0.1, 0.15) is 26.3 Å². The number of benzene rings is 3. The fourth-order valence-electron chi connectivity index (χ4n) is 2.46. The Bertz CT molecular complexity index is 1000. The van der Waals surface area contributed by atoms with E-state index in [0.29, 0.717) is 28.2 Å². The first-order valence-electron chi connectivity index (χ1n) is 8.51. The lowest BCUT2D eigenvalue weighted by Crippen LogP contribution is -2.18. The van der Waals surface area contributed by atoms with Crippen molar-refractivity contribution in [2.45, 2.75) is 0 Å². The minimum absolute atomic E-state index is 0.382. The molecule has 0 aromatic heterocycles. The van der Waals surface area contributed by atoms with E-state index in [1.165, 1.54) is 13.3 Å². The van der Waals surface area contributed by atoms with Crippen LogP contribution in [0.15, 0.2) is 84.0 Å². The van der Waals surface area contributed by atoms with Gasteiger partial charge >= 0.3 is 5.97 Å². The maximum atomic E-state index is 12.2. The summed E-state index contributed by atoms with van der Waals surface area (Å²) in [5.41, 5.74) is 3.96. The van der Waals surface area contributed by atoms with Gasteiger partial charge in [0.2, 0.25) is 0 Å². The molecule has 0 aliphatic heterocycles. The van der Waals surface area contributed by atoms with Crippen molar-refractivity contribution in [1.82, 2.24) is 5.43 Å². The van der Waals surface area contributed by atoms with Crippen molar-refractivity contribution in [3.8, 4) is 11.5 Å². The highest BCUT2D eigenvalue weighted by atomic mass is 16.5. The van der Waals surface area contributed by atoms with Gasteiger partial charge in [0.1, 0.15) is 11.5 Å². The summed E-state index contributed by atoms with van der Waals surface area (Å²) in [5, 5.41) is 3.95. The fourth-order valence-corrected chi connectivity index (χ4v) is 2.46. The van der Waals surface area contributed by atoms with E-state index in [-0.39, 0.29) is 5.91 Å². The van der Waals surface area contributed by atoms with Crippen molar-refractivity contribution in [3.63, 3.8) is 0 Å². The Kier molecular flexibility index (Phi) is 6.15. The quantitative estimate of drug-likeness (QED) is 0.309. The predicted octanol–water partition coefficient (Wildman–Crippen LogP) is 3.68. The number of para-hydroxylation sites is 1. The lowest BCUT2D eigenvalue weighted by Gasteiger charge is -2.06. The average Bonchev–Trinajstić information content (AvgIpc) is 2.74. The number of methoxy groups -OCH3 is 1. The van der Waals surface area contributed by atoms with Crippen LogP contribution in [0.4, 0.5) is 0 Å². The van der Waals surface area contributed by atoms with Crippen molar-refractivity contribution in [1.29, 1.82) is 0 Å². The molecule has 0 atom stereocenters. The molecule has 3 aromatic carbocycles. The van der Waals surface area contributed by atoms with Gasteiger partial charge in [-0.15, -0.1) is 0 Å². The molecule has 3 aromatic rings. The number of hydrogen-bond acceptors (Lipinski definition) is 5. The number of ether oxygens (including phenoxy) is 2. The van der Waals surface area contributed by atoms with Crippen molar-refractivity contribution in [3.05, 3.63) is 95.6 Å². The van der Waals surface area contributed by atoms with Crippen LogP contribution < -0.4 is 14.9 Å². The van der Waals surface area contributed by atoms with Crippen LogP contribution in [0, 0.1) is 0 Å². The second-order valence-electron chi connectivity index (χ2n) is 5.73. The largest absolute Gasteiger partial charge is 0.496 e. The molecule has 0 aliphatic rings. The summed E-state index contributed by atoms with van der Waals surface area (Å²) in [6.45, 7) is 0. The van der Waals surface area contributed by atoms with Gasteiger partial charge in [0.05, 0.1) is 24.5 Å². The van der Waals surface area contributed by atoms with Gasteiger partial charge in [-0.25, -0.2) is 10.2 Å². The minimum Gasteiger partial charge on any atom is -0.496 e. The van der Waals surface area contributed by atoms with Crippen LogP contribution >= 0.6 is 0 Å². The number of carbonyl (C=O) groups excluding carboxylic acids is 2. The van der Waals surface area contributed by atoms with E-state index in [9.17, 15) is 9.59 Å². The molecule has 1 amide bonds. The van der Waals surface area contributed by atoms with E-state index < -0.39 is 5.97 Å².